The third-order valence-corrected chi connectivity index (χ3v) is 2.95. The largest absolute Gasteiger partial charge is 0.364 e. The Morgan fingerprint density at radius 3 is 2.76 bits per heavy atom. The van der Waals surface area contributed by atoms with Gasteiger partial charge in [0.15, 0.2) is 0 Å². The van der Waals surface area contributed by atoms with E-state index in [0.29, 0.717) is 17.4 Å². The summed E-state index contributed by atoms with van der Waals surface area (Å²) >= 11 is 0. The van der Waals surface area contributed by atoms with Gasteiger partial charge in [0.05, 0.1) is 5.69 Å². The third-order valence-electron chi connectivity index (χ3n) is 2.95. The molecule has 0 atom stereocenters. The molecule has 2 N–H and O–H groups in total. The summed E-state index contributed by atoms with van der Waals surface area (Å²) < 4.78 is 6.62. The van der Waals surface area contributed by atoms with Gasteiger partial charge in [-0.15, -0.1) is 0 Å². The summed E-state index contributed by atoms with van der Waals surface area (Å²) in [7, 11) is 1.80. The van der Waals surface area contributed by atoms with Crippen molar-refractivity contribution in [3.63, 3.8) is 0 Å². The van der Waals surface area contributed by atoms with Crippen LogP contribution in [0.2, 0.25) is 0 Å². The lowest BCUT2D eigenvalue weighted by atomic mass is 10.2. The Hall–Kier alpha value is -3.03. The fourth-order valence-electron chi connectivity index (χ4n) is 1.94. The zero-order valence-electron chi connectivity index (χ0n) is 11.4. The van der Waals surface area contributed by atoms with Gasteiger partial charge in [-0.25, -0.2) is 0 Å². The van der Waals surface area contributed by atoms with Crippen molar-refractivity contribution in [2.45, 2.75) is 6.92 Å². The van der Waals surface area contributed by atoms with Gasteiger partial charge in [0.1, 0.15) is 11.4 Å². The number of amides is 1. The van der Waals surface area contributed by atoms with E-state index in [2.05, 4.69) is 20.2 Å². The third kappa shape index (κ3) is 2.38. The van der Waals surface area contributed by atoms with Crippen molar-refractivity contribution in [2.24, 2.45) is 12.8 Å². The topological polar surface area (TPSA) is 113 Å². The molecule has 3 heterocycles. The number of pyridine rings is 1. The quantitative estimate of drug-likeness (QED) is 0.765. The number of nitrogens with zero attached hydrogens (tertiary/aromatic N) is 5. The smallest absolute Gasteiger partial charge is 0.267 e. The lowest BCUT2D eigenvalue weighted by Gasteiger charge is -2.01. The van der Waals surface area contributed by atoms with Gasteiger partial charge >= 0.3 is 0 Å². The number of carbonyl (C=O) groups is 1. The molecule has 0 aromatic carbocycles. The standard InChI is InChI=1S/C13H12N6O2/c1-7-16-13(18-21-7)10-5-11(19(2)17-10)8-3-4-9(12(14)20)15-6-8/h3-6H,1-2H3,(H2,14,20). The monoisotopic (exact) mass is 284 g/mol. The van der Waals surface area contributed by atoms with Gasteiger partial charge < -0.3 is 10.3 Å². The molecule has 3 aromatic heterocycles. The average molecular weight is 284 g/mol. The molecule has 8 nitrogen and oxygen atoms in total. The zero-order chi connectivity index (χ0) is 15.0. The number of aromatic nitrogens is 5. The van der Waals surface area contributed by atoms with Crippen LogP contribution in [-0.4, -0.2) is 30.8 Å². The summed E-state index contributed by atoms with van der Waals surface area (Å²) in [6.07, 6.45) is 1.57. The number of carbonyl (C=O) groups excluding carboxylic acids is 1. The van der Waals surface area contributed by atoms with Crippen LogP contribution in [0.4, 0.5) is 0 Å². The molecule has 0 aliphatic rings. The van der Waals surface area contributed by atoms with E-state index in [4.69, 9.17) is 10.3 Å². The maximum Gasteiger partial charge on any atom is 0.267 e. The zero-order valence-corrected chi connectivity index (χ0v) is 11.4. The molecule has 0 saturated heterocycles. The average Bonchev–Trinajstić information content (AvgIpc) is 3.05. The van der Waals surface area contributed by atoms with E-state index in [-0.39, 0.29) is 5.69 Å². The molecular formula is C13H12N6O2. The molecule has 0 radical (unpaired) electrons. The van der Waals surface area contributed by atoms with Crippen LogP contribution in [0.25, 0.3) is 22.8 Å². The molecule has 0 saturated carbocycles. The molecule has 0 spiro atoms. The maximum absolute atomic E-state index is 11.0. The Balaban J connectivity index is 1.99. The Morgan fingerprint density at radius 1 is 1.38 bits per heavy atom. The van der Waals surface area contributed by atoms with E-state index in [1.165, 1.54) is 0 Å². The van der Waals surface area contributed by atoms with E-state index in [1.54, 1.807) is 37.0 Å². The second-order valence-corrected chi connectivity index (χ2v) is 4.47. The summed E-state index contributed by atoms with van der Waals surface area (Å²) in [5, 5.41) is 8.17. The molecular weight excluding hydrogens is 272 g/mol. The Bertz CT molecular complexity index is 802. The molecule has 8 heteroatoms. The number of rotatable bonds is 3. The first-order valence-electron chi connectivity index (χ1n) is 6.15. The second-order valence-electron chi connectivity index (χ2n) is 4.47. The highest BCUT2D eigenvalue weighted by Gasteiger charge is 2.14. The maximum atomic E-state index is 11.0. The van der Waals surface area contributed by atoms with Crippen LogP contribution in [0.1, 0.15) is 16.4 Å². The van der Waals surface area contributed by atoms with E-state index in [1.807, 2.05) is 6.07 Å². The molecule has 3 rings (SSSR count). The SMILES string of the molecule is Cc1nc(-c2cc(-c3ccc(C(N)=O)nc3)n(C)n2)no1. The minimum absolute atomic E-state index is 0.218. The minimum Gasteiger partial charge on any atom is -0.364 e. The van der Waals surface area contributed by atoms with Crippen LogP contribution >= 0.6 is 0 Å². The van der Waals surface area contributed by atoms with Gasteiger partial charge in [0.2, 0.25) is 11.7 Å². The Kier molecular flexibility index (Phi) is 2.98. The van der Waals surface area contributed by atoms with Crippen molar-refractivity contribution in [3.8, 4) is 22.8 Å². The predicted octanol–water partition coefficient (Wildman–Crippen LogP) is 0.939. The van der Waals surface area contributed by atoms with Crippen LogP contribution in [-0.2, 0) is 7.05 Å². The summed E-state index contributed by atoms with van der Waals surface area (Å²) in [4.78, 5) is 19.2. The van der Waals surface area contributed by atoms with Gasteiger partial charge in [-0.05, 0) is 18.2 Å². The van der Waals surface area contributed by atoms with Gasteiger partial charge in [0, 0.05) is 25.7 Å². The highest BCUT2D eigenvalue weighted by molar-refractivity contribution is 5.91. The van der Waals surface area contributed by atoms with Crippen molar-refractivity contribution in [1.82, 2.24) is 24.9 Å². The Labute approximate surface area is 119 Å². The second kappa shape index (κ2) is 4.82. The molecule has 106 valence electrons. The first-order valence-corrected chi connectivity index (χ1v) is 6.15. The van der Waals surface area contributed by atoms with Gasteiger partial charge in [-0.3, -0.25) is 14.5 Å². The number of primary amides is 1. The van der Waals surface area contributed by atoms with Crippen molar-refractivity contribution < 1.29 is 9.32 Å². The van der Waals surface area contributed by atoms with Crippen LogP contribution in [0.3, 0.4) is 0 Å². The fraction of sp³-hybridized carbons (Fsp3) is 0.154. The lowest BCUT2D eigenvalue weighted by molar-refractivity contribution is 0.0995. The first-order chi connectivity index (χ1) is 10.0. The highest BCUT2D eigenvalue weighted by atomic mass is 16.5. The summed E-state index contributed by atoms with van der Waals surface area (Å²) in [5.74, 6) is 0.343. The lowest BCUT2D eigenvalue weighted by Crippen LogP contribution is -2.12. The van der Waals surface area contributed by atoms with Gasteiger partial charge in [0.25, 0.3) is 5.91 Å². The van der Waals surface area contributed by atoms with Crippen LogP contribution < -0.4 is 5.73 Å². The Morgan fingerprint density at radius 2 is 2.19 bits per heavy atom. The van der Waals surface area contributed by atoms with E-state index >= 15 is 0 Å². The van der Waals surface area contributed by atoms with E-state index < -0.39 is 5.91 Å². The van der Waals surface area contributed by atoms with E-state index in [0.717, 1.165) is 11.3 Å². The first kappa shape index (κ1) is 13.0. The fourth-order valence-corrected chi connectivity index (χ4v) is 1.94. The number of hydrogen-bond acceptors (Lipinski definition) is 6. The molecule has 0 bridgehead atoms. The molecule has 21 heavy (non-hydrogen) atoms. The van der Waals surface area contributed by atoms with Crippen molar-refractivity contribution in [2.75, 3.05) is 0 Å². The summed E-state index contributed by atoms with van der Waals surface area (Å²) in [6.45, 7) is 1.72. The molecule has 0 fully saturated rings. The van der Waals surface area contributed by atoms with Crippen molar-refractivity contribution >= 4 is 5.91 Å². The van der Waals surface area contributed by atoms with Gasteiger partial charge in [-0.1, -0.05) is 5.16 Å². The molecule has 0 unspecified atom stereocenters. The van der Waals surface area contributed by atoms with Crippen LogP contribution in [0.5, 0.6) is 0 Å². The minimum atomic E-state index is -0.561. The van der Waals surface area contributed by atoms with Crippen molar-refractivity contribution in [1.29, 1.82) is 0 Å². The predicted molar refractivity (Wildman–Crippen MR) is 73.0 cm³/mol. The number of hydrogen-bond donors (Lipinski definition) is 1. The number of nitrogens with two attached hydrogens (primary N) is 1. The summed E-state index contributed by atoms with van der Waals surface area (Å²) in [5.41, 5.74) is 7.61. The molecule has 0 aliphatic carbocycles. The highest BCUT2D eigenvalue weighted by Crippen LogP contribution is 2.23. The normalized spacial score (nSPS) is 10.8. The van der Waals surface area contributed by atoms with Crippen LogP contribution in [0, 0.1) is 6.92 Å². The van der Waals surface area contributed by atoms with Crippen molar-refractivity contribution in [3.05, 3.63) is 36.0 Å². The summed E-state index contributed by atoms with van der Waals surface area (Å²) in [6, 6.07) is 5.16. The number of aryl methyl sites for hydroxylation is 2. The van der Waals surface area contributed by atoms with E-state index in [9.17, 15) is 4.79 Å². The molecule has 3 aromatic rings. The molecule has 1 amide bonds. The van der Waals surface area contributed by atoms with Gasteiger partial charge in [-0.2, -0.15) is 10.1 Å². The van der Waals surface area contributed by atoms with Crippen LogP contribution in [0.15, 0.2) is 28.9 Å². The molecule has 0 aliphatic heterocycles.